The Balaban J connectivity index is 3.35. The Hall–Kier alpha value is -0.370. The van der Waals surface area contributed by atoms with Gasteiger partial charge in [0.25, 0.3) is 0 Å². The largest absolute Gasteiger partial charge is 0.381 e. The van der Waals surface area contributed by atoms with Crippen LogP contribution in [0.2, 0.25) is 0 Å². The monoisotopic (exact) mass is 256 g/mol. The molecule has 0 saturated heterocycles. The van der Waals surface area contributed by atoms with Gasteiger partial charge in [-0.1, -0.05) is 54.4 Å². The summed E-state index contributed by atoms with van der Waals surface area (Å²) in [5.41, 5.74) is 0.218. The van der Waals surface area contributed by atoms with Gasteiger partial charge in [-0.05, 0) is 18.3 Å². The van der Waals surface area contributed by atoms with Crippen LogP contribution >= 0.6 is 0 Å². The summed E-state index contributed by atoms with van der Waals surface area (Å²) in [6, 6.07) is 0. The Bertz CT molecular complexity index is 230. The predicted molar refractivity (Wildman–Crippen MR) is 77.8 cm³/mol. The van der Waals surface area contributed by atoms with Crippen molar-refractivity contribution in [1.82, 2.24) is 0 Å². The molecule has 0 amide bonds. The molecule has 0 fully saturated rings. The van der Waals surface area contributed by atoms with E-state index in [4.69, 9.17) is 4.74 Å². The van der Waals surface area contributed by atoms with Crippen molar-refractivity contribution in [2.75, 3.05) is 13.2 Å². The fourth-order valence-electron chi connectivity index (χ4n) is 1.68. The van der Waals surface area contributed by atoms with Gasteiger partial charge in [-0.3, -0.25) is 4.79 Å². The van der Waals surface area contributed by atoms with E-state index in [0.29, 0.717) is 18.4 Å². The van der Waals surface area contributed by atoms with Crippen LogP contribution in [0.25, 0.3) is 0 Å². The third-order valence-corrected chi connectivity index (χ3v) is 3.03. The van der Waals surface area contributed by atoms with Gasteiger partial charge in [0.2, 0.25) is 0 Å². The van der Waals surface area contributed by atoms with Crippen LogP contribution in [0.15, 0.2) is 0 Å². The molecule has 0 rings (SSSR count). The highest BCUT2D eigenvalue weighted by Crippen LogP contribution is 2.22. The number of carbonyl (C=O) groups is 1. The molecule has 0 atom stereocenters. The summed E-state index contributed by atoms with van der Waals surface area (Å²) in [6.45, 7) is 14.1. The quantitative estimate of drug-likeness (QED) is 0.593. The van der Waals surface area contributed by atoms with Crippen molar-refractivity contribution in [3.63, 3.8) is 0 Å². The Morgan fingerprint density at radius 1 is 0.889 bits per heavy atom. The van der Waals surface area contributed by atoms with Gasteiger partial charge in [-0.25, -0.2) is 0 Å². The van der Waals surface area contributed by atoms with Gasteiger partial charge in [0.1, 0.15) is 5.78 Å². The van der Waals surface area contributed by atoms with Crippen LogP contribution in [0.5, 0.6) is 0 Å². The maximum atomic E-state index is 11.6. The van der Waals surface area contributed by atoms with E-state index >= 15 is 0 Å². The minimum absolute atomic E-state index is 0.226. The topological polar surface area (TPSA) is 26.3 Å². The predicted octanol–water partition coefficient (Wildman–Crippen LogP) is 4.61. The van der Waals surface area contributed by atoms with E-state index in [2.05, 4.69) is 20.8 Å². The highest BCUT2D eigenvalue weighted by atomic mass is 16.5. The van der Waals surface area contributed by atoms with E-state index in [9.17, 15) is 4.79 Å². The number of hydrogen-bond acceptors (Lipinski definition) is 2. The van der Waals surface area contributed by atoms with E-state index in [1.165, 1.54) is 19.3 Å². The minimum Gasteiger partial charge on any atom is -0.381 e. The zero-order valence-corrected chi connectivity index (χ0v) is 13.3. The van der Waals surface area contributed by atoms with Crippen molar-refractivity contribution in [1.29, 1.82) is 0 Å². The minimum atomic E-state index is -0.226. The molecule has 18 heavy (non-hydrogen) atoms. The summed E-state index contributed by atoms with van der Waals surface area (Å²) in [7, 11) is 0. The molecule has 0 aliphatic carbocycles. The maximum absolute atomic E-state index is 11.6. The first-order valence-corrected chi connectivity index (χ1v) is 7.24. The second-order valence-electron chi connectivity index (χ2n) is 7.41. The Morgan fingerprint density at radius 3 is 2.00 bits per heavy atom. The molecule has 0 unspecified atom stereocenters. The van der Waals surface area contributed by atoms with Crippen LogP contribution in [-0.4, -0.2) is 19.0 Å². The van der Waals surface area contributed by atoms with E-state index in [-0.39, 0.29) is 11.2 Å². The Morgan fingerprint density at radius 2 is 1.50 bits per heavy atom. The van der Waals surface area contributed by atoms with Crippen molar-refractivity contribution in [2.24, 2.45) is 10.8 Å². The Labute approximate surface area is 113 Å². The molecule has 0 bridgehead atoms. The summed E-state index contributed by atoms with van der Waals surface area (Å²) in [5.74, 6) is 0.287. The summed E-state index contributed by atoms with van der Waals surface area (Å²) in [5, 5.41) is 0. The molecule has 108 valence electrons. The highest BCUT2D eigenvalue weighted by molar-refractivity contribution is 5.83. The molecule has 0 spiro atoms. The molecule has 0 aromatic heterocycles. The fraction of sp³-hybridized carbons (Fsp3) is 0.938. The van der Waals surface area contributed by atoms with E-state index < -0.39 is 0 Å². The highest BCUT2D eigenvalue weighted by Gasteiger charge is 2.20. The fourth-order valence-corrected chi connectivity index (χ4v) is 1.68. The molecule has 0 aliphatic rings. The van der Waals surface area contributed by atoms with Gasteiger partial charge in [0, 0.05) is 18.4 Å². The molecular weight excluding hydrogens is 224 g/mol. The zero-order chi connectivity index (χ0) is 14.2. The molecular formula is C16H32O2. The third-order valence-electron chi connectivity index (χ3n) is 3.03. The first-order valence-electron chi connectivity index (χ1n) is 7.24. The number of Topliss-reactive ketones (excluding diaryl/α,β-unsaturated/α-hetero) is 1. The number of ketones is 1. The van der Waals surface area contributed by atoms with Gasteiger partial charge >= 0.3 is 0 Å². The molecule has 0 aromatic rings. The van der Waals surface area contributed by atoms with E-state index in [1.807, 2.05) is 20.8 Å². The maximum Gasteiger partial charge on any atom is 0.140 e. The summed E-state index contributed by atoms with van der Waals surface area (Å²) in [4.78, 5) is 11.6. The first-order chi connectivity index (χ1) is 8.13. The standard InChI is InChI=1S/C16H32O2/c1-15(2,3)11-8-7-9-12-18-13-10-14(17)16(4,5)6/h7-13H2,1-6H3. The molecule has 2 heteroatoms. The van der Waals surface area contributed by atoms with Crippen molar-refractivity contribution >= 4 is 5.78 Å². The van der Waals surface area contributed by atoms with Gasteiger partial charge in [0.15, 0.2) is 0 Å². The summed E-state index contributed by atoms with van der Waals surface area (Å²) >= 11 is 0. The number of ether oxygens (including phenoxy) is 1. The number of rotatable bonds is 8. The molecule has 0 radical (unpaired) electrons. The van der Waals surface area contributed by atoms with Gasteiger partial charge in [-0.2, -0.15) is 0 Å². The molecule has 0 saturated carbocycles. The lowest BCUT2D eigenvalue weighted by Crippen LogP contribution is -2.21. The number of hydrogen-bond donors (Lipinski definition) is 0. The second kappa shape index (κ2) is 7.93. The van der Waals surface area contributed by atoms with Crippen LogP contribution in [-0.2, 0) is 9.53 Å². The summed E-state index contributed by atoms with van der Waals surface area (Å²) < 4.78 is 5.51. The van der Waals surface area contributed by atoms with Crippen molar-refractivity contribution in [2.45, 2.75) is 73.6 Å². The molecule has 0 N–H and O–H groups in total. The van der Waals surface area contributed by atoms with E-state index in [0.717, 1.165) is 13.0 Å². The lowest BCUT2D eigenvalue weighted by Gasteiger charge is -2.17. The average Bonchev–Trinajstić information content (AvgIpc) is 2.18. The third kappa shape index (κ3) is 10.8. The second-order valence-corrected chi connectivity index (χ2v) is 7.41. The van der Waals surface area contributed by atoms with Crippen LogP contribution in [0.3, 0.4) is 0 Å². The van der Waals surface area contributed by atoms with Crippen LogP contribution in [0, 0.1) is 10.8 Å². The van der Waals surface area contributed by atoms with Gasteiger partial charge in [0.05, 0.1) is 6.61 Å². The van der Waals surface area contributed by atoms with Crippen molar-refractivity contribution in [3.05, 3.63) is 0 Å². The van der Waals surface area contributed by atoms with Crippen molar-refractivity contribution < 1.29 is 9.53 Å². The van der Waals surface area contributed by atoms with E-state index in [1.54, 1.807) is 0 Å². The van der Waals surface area contributed by atoms with Gasteiger partial charge in [-0.15, -0.1) is 0 Å². The molecule has 0 aromatic carbocycles. The molecule has 0 aliphatic heterocycles. The first kappa shape index (κ1) is 17.6. The van der Waals surface area contributed by atoms with Crippen LogP contribution < -0.4 is 0 Å². The van der Waals surface area contributed by atoms with Crippen LogP contribution in [0.1, 0.15) is 73.6 Å². The van der Waals surface area contributed by atoms with Crippen molar-refractivity contribution in [3.8, 4) is 0 Å². The van der Waals surface area contributed by atoms with Gasteiger partial charge < -0.3 is 4.74 Å². The summed E-state index contributed by atoms with van der Waals surface area (Å²) in [6.07, 6.45) is 5.43. The molecule has 2 nitrogen and oxygen atoms in total. The Kier molecular flexibility index (Phi) is 7.77. The lowest BCUT2D eigenvalue weighted by atomic mass is 9.89. The van der Waals surface area contributed by atoms with Crippen LogP contribution in [0.4, 0.5) is 0 Å². The normalized spacial score (nSPS) is 12.8. The average molecular weight is 256 g/mol. The number of carbonyl (C=O) groups excluding carboxylic acids is 1. The lowest BCUT2D eigenvalue weighted by molar-refractivity contribution is -0.127. The smallest absolute Gasteiger partial charge is 0.140 e. The zero-order valence-electron chi connectivity index (χ0n) is 13.3. The number of unbranched alkanes of at least 4 members (excludes halogenated alkanes) is 2. The SMILES string of the molecule is CC(C)(C)CCCCCOCCC(=O)C(C)(C)C. The molecule has 0 heterocycles.